The van der Waals surface area contributed by atoms with Gasteiger partial charge in [-0.1, -0.05) is 12.1 Å². The van der Waals surface area contributed by atoms with E-state index in [0.717, 1.165) is 6.42 Å². The van der Waals surface area contributed by atoms with E-state index in [1.54, 1.807) is 17.0 Å². The first-order chi connectivity index (χ1) is 14.1. The van der Waals surface area contributed by atoms with Gasteiger partial charge in [-0.15, -0.1) is 0 Å². The van der Waals surface area contributed by atoms with Crippen LogP contribution in [-0.4, -0.2) is 64.8 Å². The first kappa shape index (κ1) is 23.7. The lowest BCUT2D eigenvalue weighted by Gasteiger charge is -2.27. The fourth-order valence-corrected chi connectivity index (χ4v) is 3.41. The van der Waals surface area contributed by atoms with Crippen LogP contribution in [0.25, 0.3) is 0 Å². The van der Waals surface area contributed by atoms with Gasteiger partial charge in [0.25, 0.3) is 0 Å². The molecule has 0 unspecified atom stereocenters. The van der Waals surface area contributed by atoms with Gasteiger partial charge in [0.1, 0.15) is 11.8 Å². The quantitative estimate of drug-likeness (QED) is 0.254. The Bertz CT molecular complexity index is 796. The van der Waals surface area contributed by atoms with Crippen molar-refractivity contribution in [2.24, 2.45) is 0 Å². The topological polar surface area (TPSA) is 157 Å². The summed E-state index contributed by atoms with van der Waals surface area (Å²) in [5, 5.41) is 8.13. The van der Waals surface area contributed by atoms with Crippen molar-refractivity contribution in [3.63, 3.8) is 0 Å². The Morgan fingerprint density at radius 2 is 2.00 bits per heavy atom. The lowest BCUT2D eigenvalue weighted by molar-refractivity contribution is -0.128. The first-order valence-electron chi connectivity index (χ1n) is 9.56. The molecule has 11 nitrogen and oxygen atoms in total. The number of rotatable bonds is 10. The predicted octanol–water partition coefficient (Wildman–Crippen LogP) is 0.127. The molecule has 1 aliphatic heterocycles. The van der Waals surface area contributed by atoms with Gasteiger partial charge in [0.15, 0.2) is 0 Å². The third-order valence-corrected chi connectivity index (χ3v) is 4.80. The molecule has 1 aliphatic rings. The molecular formula is C18H27N4O7P. The molecule has 1 atom stereocenters. The Kier molecular flexibility index (Phi) is 8.64. The zero-order valence-electron chi connectivity index (χ0n) is 16.7. The SMILES string of the molecule is CC(=O)N[C@H](Cc1ccc(OP(=O)(O)O)cc1)C(=O)NCCCN1CCCNC1=O. The van der Waals surface area contributed by atoms with E-state index in [9.17, 15) is 18.9 Å². The zero-order chi connectivity index (χ0) is 22.1. The van der Waals surface area contributed by atoms with Crippen LogP contribution >= 0.6 is 7.82 Å². The number of phosphoric ester groups is 1. The summed E-state index contributed by atoms with van der Waals surface area (Å²) in [6, 6.07) is 4.95. The molecule has 0 spiro atoms. The molecule has 0 radical (unpaired) electrons. The minimum Gasteiger partial charge on any atom is -0.404 e. The number of amides is 4. The molecule has 1 fully saturated rings. The van der Waals surface area contributed by atoms with Gasteiger partial charge in [0, 0.05) is 39.5 Å². The average Bonchev–Trinajstić information content (AvgIpc) is 2.66. The van der Waals surface area contributed by atoms with Gasteiger partial charge < -0.3 is 25.4 Å². The number of carbonyl (C=O) groups is 3. The highest BCUT2D eigenvalue weighted by atomic mass is 31.2. The molecule has 0 bridgehead atoms. The maximum Gasteiger partial charge on any atom is 0.524 e. The van der Waals surface area contributed by atoms with Crippen LogP contribution in [0.3, 0.4) is 0 Å². The van der Waals surface area contributed by atoms with Crippen LogP contribution in [0.1, 0.15) is 25.3 Å². The predicted molar refractivity (Wildman–Crippen MR) is 108 cm³/mol. The summed E-state index contributed by atoms with van der Waals surface area (Å²) in [5.74, 6) is -0.722. The van der Waals surface area contributed by atoms with Gasteiger partial charge in [0.05, 0.1) is 0 Å². The Morgan fingerprint density at radius 3 is 2.60 bits per heavy atom. The molecule has 1 aromatic rings. The lowest BCUT2D eigenvalue weighted by Crippen LogP contribution is -2.49. The highest BCUT2D eigenvalue weighted by Crippen LogP contribution is 2.37. The van der Waals surface area contributed by atoms with E-state index >= 15 is 0 Å². The smallest absolute Gasteiger partial charge is 0.404 e. The molecule has 1 heterocycles. The van der Waals surface area contributed by atoms with Gasteiger partial charge in [0.2, 0.25) is 11.8 Å². The molecule has 1 saturated heterocycles. The fraction of sp³-hybridized carbons (Fsp3) is 0.500. The molecular weight excluding hydrogens is 415 g/mol. The number of nitrogens with zero attached hydrogens (tertiary/aromatic N) is 1. The second-order valence-corrected chi connectivity index (χ2v) is 8.06. The number of nitrogens with one attached hydrogen (secondary N) is 3. The normalized spacial score (nSPS) is 15.2. The largest absolute Gasteiger partial charge is 0.524 e. The van der Waals surface area contributed by atoms with Crippen LogP contribution in [0, 0.1) is 0 Å². The van der Waals surface area contributed by atoms with E-state index in [1.165, 1.54) is 19.1 Å². The lowest BCUT2D eigenvalue weighted by atomic mass is 10.0. The molecule has 0 aliphatic carbocycles. The minimum absolute atomic E-state index is 0.00522. The van der Waals surface area contributed by atoms with Gasteiger partial charge in [-0.3, -0.25) is 19.4 Å². The summed E-state index contributed by atoms with van der Waals surface area (Å²) in [5.41, 5.74) is 0.673. The molecule has 30 heavy (non-hydrogen) atoms. The Hall–Kier alpha value is -2.62. The highest BCUT2D eigenvalue weighted by molar-refractivity contribution is 7.46. The number of hydrogen-bond donors (Lipinski definition) is 5. The van der Waals surface area contributed by atoms with Crippen molar-refractivity contribution in [1.29, 1.82) is 0 Å². The molecule has 0 saturated carbocycles. The van der Waals surface area contributed by atoms with E-state index in [-0.39, 0.29) is 30.0 Å². The summed E-state index contributed by atoms with van der Waals surface area (Å²) in [7, 11) is -4.64. The van der Waals surface area contributed by atoms with Crippen LogP contribution in [-0.2, 0) is 20.6 Å². The molecule has 2 rings (SSSR count). The number of hydrogen-bond acceptors (Lipinski definition) is 5. The van der Waals surface area contributed by atoms with Crippen LogP contribution in [0.2, 0.25) is 0 Å². The number of urea groups is 1. The molecule has 12 heteroatoms. The van der Waals surface area contributed by atoms with E-state index in [2.05, 4.69) is 20.5 Å². The summed E-state index contributed by atoms with van der Waals surface area (Å²) >= 11 is 0. The monoisotopic (exact) mass is 442 g/mol. The maximum atomic E-state index is 12.5. The van der Waals surface area contributed by atoms with Crippen molar-refractivity contribution in [1.82, 2.24) is 20.9 Å². The Labute approximate surface area is 174 Å². The fourth-order valence-electron chi connectivity index (χ4n) is 3.01. The molecule has 4 amide bonds. The van der Waals surface area contributed by atoms with Gasteiger partial charge in [-0.2, -0.15) is 0 Å². The summed E-state index contributed by atoms with van der Waals surface area (Å²) in [4.78, 5) is 55.0. The molecule has 166 valence electrons. The van der Waals surface area contributed by atoms with Crippen molar-refractivity contribution in [2.45, 2.75) is 32.2 Å². The van der Waals surface area contributed by atoms with E-state index in [4.69, 9.17) is 9.79 Å². The maximum absolute atomic E-state index is 12.5. The number of phosphoric acid groups is 1. The zero-order valence-corrected chi connectivity index (χ0v) is 17.6. The highest BCUT2D eigenvalue weighted by Gasteiger charge is 2.21. The molecule has 1 aromatic carbocycles. The van der Waals surface area contributed by atoms with Crippen molar-refractivity contribution >= 4 is 25.7 Å². The molecule has 0 aromatic heterocycles. The third-order valence-electron chi connectivity index (χ3n) is 4.35. The summed E-state index contributed by atoms with van der Waals surface area (Å²) < 4.78 is 15.3. The van der Waals surface area contributed by atoms with E-state index in [1.807, 2.05) is 0 Å². The standard InChI is InChI=1S/C18H27N4O7P/c1-13(23)21-16(12-14-4-6-15(7-5-14)29-30(26,27)28)17(24)19-8-2-10-22-11-3-9-20-18(22)25/h4-7,16H,2-3,8-12H2,1H3,(H,19,24)(H,20,25)(H,21,23)(H2,26,27,28)/t16-/m1/s1. The van der Waals surface area contributed by atoms with Crippen molar-refractivity contribution in [2.75, 3.05) is 26.2 Å². The third kappa shape index (κ3) is 8.40. The van der Waals surface area contributed by atoms with Crippen LogP contribution in [0.15, 0.2) is 24.3 Å². The number of benzene rings is 1. The van der Waals surface area contributed by atoms with Crippen LogP contribution < -0.4 is 20.5 Å². The number of carbonyl (C=O) groups excluding carboxylic acids is 3. The van der Waals surface area contributed by atoms with E-state index < -0.39 is 13.9 Å². The van der Waals surface area contributed by atoms with Crippen LogP contribution in [0.5, 0.6) is 5.75 Å². The summed E-state index contributed by atoms with van der Waals surface area (Å²) in [6.45, 7) is 3.56. The Balaban J connectivity index is 1.86. The second-order valence-electron chi connectivity index (χ2n) is 6.90. The van der Waals surface area contributed by atoms with Gasteiger partial charge in [-0.25, -0.2) is 9.36 Å². The minimum atomic E-state index is -4.64. The Morgan fingerprint density at radius 1 is 1.30 bits per heavy atom. The van der Waals surface area contributed by atoms with E-state index in [0.29, 0.717) is 38.2 Å². The van der Waals surface area contributed by atoms with Gasteiger partial charge in [-0.05, 0) is 30.5 Å². The first-order valence-corrected chi connectivity index (χ1v) is 11.1. The second kappa shape index (κ2) is 11.0. The van der Waals surface area contributed by atoms with Crippen molar-refractivity contribution < 1.29 is 33.3 Å². The van der Waals surface area contributed by atoms with Crippen LogP contribution in [0.4, 0.5) is 4.79 Å². The average molecular weight is 442 g/mol. The summed E-state index contributed by atoms with van der Waals surface area (Å²) in [6.07, 6.45) is 1.66. The van der Waals surface area contributed by atoms with Crippen molar-refractivity contribution in [3.05, 3.63) is 29.8 Å². The van der Waals surface area contributed by atoms with Gasteiger partial charge >= 0.3 is 13.9 Å². The molecule has 5 N–H and O–H groups in total. The van der Waals surface area contributed by atoms with Crippen molar-refractivity contribution in [3.8, 4) is 5.75 Å².